The molecular weight excluding hydrogens is 362 g/mol. The van der Waals surface area contributed by atoms with Crippen molar-refractivity contribution in [1.29, 1.82) is 0 Å². The van der Waals surface area contributed by atoms with Crippen molar-refractivity contribution in [3.05, 3.63) is 52.8 Å². The minimum Gasteiger partial charge on any atom is -0.349 e. The monoisotopic (exact) mass is 389 g/mol. The first-order valence-corrected chi connectivity index (χ1v) is 11.2. The van der Waals surface area contributed by atoms with Gasteiger partial charge < -0.3 is 5.32 Å². The van der Waals surface area contributed by atoms with Gasteiger partial charge in [-0.15, -0.1) is 0 Å². The van der Waals surface area contributed by atoms with Crippen LogP contribution in [0.3, 0.4) is 0 Å². The highest BCUT2D eigenvalue weighted by Gasteiger charge is 2.32. The Morgan fingerprint density at radius 3 is 2.63 bits per heavy atom. The summed E-state index contributed by atoms with van der Waals surface area (Å²) in [6.07, 6.45) is 2.31. The van der Waals surface area contributed by atoms with Crippen LogP contribution in [0, 0.1) is 13.8 Å². The van der Waals surface area contributed by atoms with Crippen LogP contribution in [0.4, 0.5) is 0 Å². The lowest BCUT2D eigenvalue weighted by molar-refractivity contribution is 0.0937. The number of carbonyl (C=O) groups excluding carboxylic acids is 1. The first-order valence-electron chi connectivity index (χ1n) is 9.38. The number of amides is 1. The van der Waals surface area contributed by atoms with E-state index in [9.17, 15) is 13.2 Å². The largest absolute Gasteiger partial charge is 0.349 e. The van der Waals surface area contributed by atoms with Crippen LogP contribution in [-0.4, -0.2) is 41.7 Å². The Bertz CT molecular complexity index is 919. The van der Waals surface area contributed by atoms with Crippen LogP contribution < -0.4 is 5.32 Å². The molecule has 0 aliphatic carbocycles. The third kappa shape index (κ3) is 4.58. The van der Waals surface area contributed by atoms with Gasteiger partial charge in [0.1, 0.15) is 0 Å². The number of nitrogens with zero attached hydrogens (tertiary/aromatic N) is 2. The normalized spacial score (nSPS) is 19.7. The van der Waals surface area contributed by atoms with E-state index in [1.807, 2.05) is 32.0 Å². The van der Waals surface area contributed by atoms with E-state index < -0.39 is 9.84 Å². The molecule has 2 aromatic rings. The third-order valence-electron chi connectivity index (χ3n) is 5.19. The van der Waals surface area contributed by atoms with E-state index in [-0.39, 0.29) is 29.5 Å². The van der Waals surface area contributed by atoms with Gasteiger partial charge in [-0.1, -0.05) is 30.3 Å². The Morgan fingerprint density at radius 2 is 2.00 bits per heavy atom. The molecule has 3 rings (SSSR count). The number of rotatable bonds is 6. The minimum atomic E-state index is -3.00. The van der Waals surface area contributed by atoms with Gasteiger partial charge in [0, 0.05) is 11.7 Å². The van der Waals surface area contributed by atoms with Crippen LogP contribution in [0.1, 0.15) is 53.1 Å². The lowest BCUT2D eigenvalue weighted by atomic mass is 10.1. The standard InChI is InChI=1S/C20H27N3O3S/c1-14(9-10-17-7-5-4-6-8-17)21-20(24)19-15(2)22-23(16(19)3)18-11-12-27(25,26)13-18/h4-8,14,18H,9-13H2,1-3H3,(H,21,24)/t14-,18+/m0/s1. The average Bonchev–Trinajstić information content (AvgIpc) is 3.12. The molecule has 0 spiro atoms. The molecule has 1 aliphatic rings. The summed E-state index contributed by atoms with van der Waals surface area (Å²) in [4.78, 5) is 12.8. The predicted molar refractivity (Wildman–Crippen MR) is 106 cm³/mol. The number of hydrogen-bond acceptors (Lipinski definition) is 4. The molecule has 2 heterocycles. The van der Waals surface area contributed by atoms with Crippen LogP contribution in [0.5, 0.6) is 0 Å². The van der Waals surface area contributed by atoms with Crippen molar-refractivity contribution in [1.82, 2.24) is 15.1 Å². The van der Waals surface area contributed by atoms with E-state index in [2.05, 4.69) is 22.5 Å². The molecule has 1 fully saturated rings. The molecule has 0 bridgehead atoms. The second kappa shape index (κ2) is 7.84. The molecule has 0 unspecified atom stereocenters. The van der Waals surface area contributed by atoms with E-state index >= 15 is 0 Å². The lowest BCUT2D eigenvalue weighted by Crippen LogP contribution is -2.33. The van der Waals surface area contributed by atoms with Crippen molar-refractivity contribution in [3.8, 4) is 0 Å². The summed E-state index contributed by atoms with van der Waals surface area (Å²) in [5, 5.41) is 7.53. The summed E-state index contributed by atoms with van der Waals surface area (Å²) in [6, 6.07) is 10.1. The van der Waals surface area contributed by atoms with Gasteiger partial charge in [0.05, 0.1) is 28.8 Å². The molecule has 6 nitrogen and oxygen atoms in total. The predicted octanol–water partition coefficient (Wildman–Crippen LogP) is 2.61. The number of carbonyl (C=O) groups is 1. The zero-order chi connectivity index (χ0) is 19.6. The Balaban J connectivity index is 1.66. The number of sulfone groups is 1. The van der Waals surface area contributed by atoms with Gasteiger partial charge in [-0.25, -0.2) is 8.42 Å². The molecule has 0 saturated carbocycles. The highest BCUT2D eigenvalue weighted by molar-refractivity contribution is 7.91. The van der Waals surface area contributed by atoms with Crippen LogP contribution in [0.15, 0.2) is 30.3 Å². The lowest BCUT2D eigenvalue weighted by Gasteiger charge is -2.15. The van der Waals surface area contributed by atoms with Crippen molar-refractivity contribution in [2.75, 3.05) is 11.5 Å². The summed E-state index contributed by atoms with van der Waals surface area (Å²) in [5.41, 5.74) is 3.19. The van der Waals surface area contributed by atoms with Gasteiger partial charge in [0.2, 0.25) is 0 Å². The van der Waals surface area contributed by atoms with Gasteiger partial charge >= 0.3 is 0 Å². The van der Waals surface area contributed by atoms with Crippen molar-refractivity contribution in [2.45, 2.75) is 52.1 Å². The minimum absolute atomic E-state index is 0.0340. The van der Waals surface area contributed by atoms with E-state index in [1.54, 1.807) is 11.6 Å². The van der Waals surface area contributed by atoms with Gasteiger partial charge in [0.25, 0.3) is 5.91 Å². The number of benzene rings is 1. The van der Waals surface area contributed by atoms with E-state index in [0.29, 0.717) is 17.7 Å². The first-order chi connectivity index (χ1) is 12.8. The van der Waals surface area contributed by atoms with Crippen LogP contribution >= 0.6 is 0 Å². The highest BCUT2D eigenvalue weighted by Crippen LogP contribution is 2.26. The van der Waals surface area contributed by atoms with E-state index in [1.165, 1.54) is 5.56 Å². The molecule has 1 aliphatic heterocycles. The second-order valence-corrected chi connectivity index (χ2v) is 9.67. The molecule has 1 amide bonds. The molecule has 1 aromatic heterocycles. The van der Waals surface area contributed by atoms with Crippen molar-refractivity contribution in [3.63, 3.8) is 0 Å². The second-order valence-electron chi connectivity index (χ2n) is 7.45. The quantitative estimate of drug-likeness (QED) is 0.823. The van der Waals surface area contributed by atoms with Gasteiger partial charge in [-0.3, -0.25) is 9.48 Å². The average molecular weight is 390 g/mol. The molecule has 0 radical (unpaired) electrons. The fraction of sp³-hybridized carbons (Fsp3) is 0.500. The molecule has 1 saturated heterocycles. The summed E-state index contributed by atoms with van der Waals surface area (Å²) in [6.45, 7) is 5.64. The maximum absolute atomic E-state index is 12.8. The summed E-state index contributed by atoms with van der Waals surface area (Å²) < 4.78 is 25.3. The molecule has 7 heteroatoms. The van der Waals surface area contributed by atoms with E-state index in [4.69, 9.17) is 0 Å². The molecular formula is C20H27N3O3S. The summed E-state index contributed by atoms with van der Waals surface area (Å²) in [5.74, 6) is 0.148. The smallest absolute Gasteiger partial charge is 0.255 e. The topological polar surface area (TPSA) is 81.1 Å². The van der Waals surface area contributed by atoms with Crippen LogP contribution in [-0.2, 0) is 16.3 Å². The molecule has 2 atom stereocenters. The first kappa shape index (κ1) is 19.6. The zero-order valence-corrected chi connectivity index (χ0v) is 16.9. The Hall–Kier alpha value is -2.15. The number of nitrogens with one attached hydrogen (secondary N) is 1. The summed E-state index contributed by atoms with van der Waals surface area (Å²) in [7, 11) is -3.00. The number of aromatic nitrogens is 2. The van der Waals surface area contributed by atoms with Gasteiger partial charge in [-0.2, -0.15) is 5.10 Å². The van der Waals surface area contributed by atoms with Crippen LogP contribution in [0.25, 0.3) is 0 Å². The maximum atomic E-state index is 12.8. The number of aryl methyl sites for hydroxylation is 2. The maximum Gasteiger partial charge on any atom is 0.255 e. The number of hydrogen-bond donors (Lipinski definition) is 1. The Labute approximate surface area is 160 Å². The fourth-order valence-corrected chi connectivity index (χ4v) is 5.40. The highest BCUT2D eigenvalue weighted by atomic mass is 32.2. The summed E-state index contributed by atoms with van der Waals surface area (Å²) >= 11 is 0. The van der Waals surface area contributed by atoms with Gasteiger partial charge in [-0.05, 0) is 45.6 Å². The van der Waals surface area contributed by atoms with Crippen molar-refractivity contribution < 1.29 is 13.2 Å². The Morgan fingerprint density at radius 1 is 1.30 bits per heavy atom. The molecule has 146 valence electrons. The fourth-order valence-electron chi connectivity index (χ4n) is 3.71. The van der Waals surface area contributed by atoms with Crippen LogP contribution in [0.2, 0.25) is 0 Å². The molecule has 27 heavy (non-hydrogen) atoms. The zero-order valence-electron chi connectivity index (χ0n) is 16.1. The Kier molecular flexibility index (Phi) is 5.69. The molecule has 1 N–H and O–H groups in total. The van der Waals surface area contributed by atoms with Crippen molar-refractivity contribution >= 4 is 15.7 Å². The van der Waals surface area contributed by atoms with Crippen molar-refractivity contribution in [2.24, 2.45) is 0 Å². The third-order valence-corrected chi connectivity index (χ3v) is 6.94. The molecule has 1 aromatic carbocycles. The van der Waals surface area contributed by atoms with Gasteiger partial charge in [0.15, 0.2) is 9.84 Å². The van der Waals surface area contributed by atoms with E-state index in [0.717, 1.165) is 18.5 Å². The SMILES string of the molecule is Cc1nn([C@@H]2CCS(=O)(=O)C2)c(C)c1C(=O)N[C@@H](C)CCc1ccccc1.